The molecular weight excluding hydrogens is 282 g/mol. The van der Waals surface area contributed by atoms with Gasteiger partial charge < -0.3 is 0 Å². The van der Waals surface area contributed by atoms with Crippen molar-refractivity contribution in [3.05, 3.63) is 26.1 Å². The normalized spacial score (nSPS) is 16.4. The second kappa shape index (κ2) is 4.75. The molecule has 3 rings (SSSR count). The topological polar surface area (TPSA) is 65.1 Å². The summed E-state index contributed by atoms with van der Waals surface area (Å²) in [5.74, 6) is 0. The van der Waals surface area contributed by atoms with Crippen LogP contribution in [0.2, 0.25) is 5.28 Å². The molecule has 1 saturated heterocycles. The largest absolute Gasteiger partial charge is 0.332 e. The zero-order valence-electron chi connectivity index (χ0n) is 11.5. The molecule has 0 amide bonds. The molecular formula is C12H16ClN5O2. The van der Waals surface area contributed by atoms with Crippen LogP contribution in [0.15, 0.2) is 9.59 Å². The second-order valence-corrected chi connectivity index (χ2v) is 5.49. The Morgan fingerprint density at radius 1 is 1.15 bits per heavy atom. The first-order valence-electron chi connectivity index (χ1n) is 6.55. The molecule has 0 aromatic carbocycles. The fourth-order valence-corrected chi connectivity index (χ4v) is 2.89. The predicted molar refractivity (Wildman–Crippen MR) is 76.0 cm³/mol. The summed E-state index contributed by atoms with van der Waals surface area (Å²) in [5.41, 5.74) is -0.0412. The molecule has 0 unspecified atom stereocenters. The Labute approximate surface area is 120 Å². The van der Waals surface area contributed by atoms with E-state index in [1.807, 2.05) is 0 Å². The predicted octanol–water partition coefficient (Wildman–Crippen LogP) is 0.140. The van der Waals surface area contributed by atoms with Crippen molar-refractivity contribution in [1.29, 1.82) is 0 Å². The molecule has 0 bridgehead atoms. The lowest BCUT2D eigenvalue weighted by Crippen LogP contribution is -2.38. The van der Waals surface area contributed by atoms with Gasteiger partial charge in [0, 0.05) is 14.1 Å². The maximum absolute atomic E-state index is 12.3. The number of likely N-dealkylation sites (tertiary alicyclic amines) is 1. The minimum atomic E-state index is -0.398. The van der Waals surface area contributed by atoms with Crippen molar-refractivity contribution in [1.82, 2.24) is 23.6 Å². The van der Waals surface area contributed by atoms with Gasteiger partial charge in [0.05, 0.1) is 6.67 Å². The summed E-state index contributed by atoms with van der Waals surface area (Å²) in [6.45, 7) is 2.51. The number of hydrogen-bond acceptors (Lipinski definition) is 4. The number of nitrogens with zero attached hydrogens (tertiary/aromatic N) is 5. The molecule has 0 radical (unpaired) electrons. The number of aromatic nitrogens is 4. The van der Waals surface area contributed by atoms with Gasteiger partial charge in [0.1, 0.15) is 0 Å². The van der Waals surface area contributed by atoms with Crippen LogP contribution >= 0.6 is 11.6 Å². The quantitative estimate of drug-likeness (QED) is 0.740. The molecule has 1 aliphatic rings. The molecule has 3 heterocycles. The monoisotopic (exact) mass is 297 g/mol. The first-order valence-corrected chi connectivity index (χ1v) is 6.92. The molecule has 0 aliphatic carbocycles. The third-order valence-corrected chi connectivity index (χ3v) is 4.13. The van der Waals surface area contributed by atoms with E-state index in [4.69, 9.17) is 11.6 Å². The van der Waals surface area contributed by atoms with E-state index in [-0.39, 0.29) is 10.8 Å². The maximum atomic E-state index is 12.3. The molecule has 108 valence electrons. The number of fused-ring (bicyclic) bond motifs is 1. The van der Waals surface area contributed by atoms with Gasteiger partial charge in [-0.2, -0.15) is 4.98 Å². The van der Waals surface area contributed by atoms with E-state index in [0.29, 0.717) is 17.8 Å². The number of halogens is 1. The summed E-state index contributed by atoms with van der Waals surface area (Å²) < 4.78 is 4.12. The van der Waals surface area contributed by atoms with Crippen molar-refractivity contribution >= 4 is 22.8 Å². The van der Waals surface area contributed by atoms with E-state index in [2.05, 4.69) is 9.88 Å². The van der Waals surface area contributed by atoms with Gasteiger partial charge in [0.25, 0.3) is 5.56 Å². The van der Waals surface area contributed by atoms with E-state index in [0.717, 1.165) is 30.5 Å². The summed E-state index contributed by atoms with van der Waals surface area (Å²) in [4.78, 5) is 30.6. The molecule has 0 saturated carbocycles. The van der Waals surface area contributed by atoms with Crippen molar-refractivity contribution in [3.8, 4) is 0 Å². The van der Waals surface area contributed by atoms with Gasteiger partial charge in [-0.3, -0.25) is 23.4 Å². The lowest BCUT2D eigenvalue weighted by molar-refractivity contribution is 0.274. The molecule has 0 N–H and O–H groups in total. The summed E-state index contributed by atoms with van der Waals surface area (Å²) in [6, 6.07) is 0. The average molecular weight is 298 g/mol. The van der Waals surface area contributed by atoms with Crippen LogP contribution in [-0.2, 0) is 20.8 Å². The molecule has 0 atom stereocenters. The highest BCUT2D eigenvalue weighted by Gasteiger charge is 2.20. The van der Waals surface area contributed by atoms with E-state index in [1.165, 1.54) is 11.6 Å². The summed E-state index contributed by atoms with van der Waals surface area (Å²) in [6.07, 6.45) is 2.31. The Morgan fingerprint density at radius 3 is 2.45 bits per heavy atom. The second-order valence-electron chi connectivity index (χ2n) is 5.15. The molecule has 2 aromatic heterocycles. The van der Waals surface area contributed by atoms with Gasteiger partial charge in [-0.1, -0.05) is 0 Å². The fraction of sp³-hybridized carbons (Fsp3) is 0.583. The minimum Gasteiger partial charge on any atom is -0.295 e. The summed E-state index contributed by atoms with van der Waals surface area (Å²) >= 11 is 6.16. The van der Waals surface area contributed by atoms with Gasteiger partial charge >= 0.3 is 5.69 Å². The Kier molecular flexibility index (Phi) is 3.18. The number of imidazole rings is 1. The van der Waals surface area contributed by atoms with Crippen LogP contribution in [0.3, 0.4) is 0 Å². The van der Waals surface area contributed by atoms with Crippen LogP contribution in [0.25, 0.3) is 11.2 Å². The molecule has 0 spiro atoms. The maximum Gasteiger partial charge on any atom is 0.332 e. The van der Waals surface area contributed by atoms with Gasteiger partial charge in [0.15, 0.2) is 11.2 Å². The minimum absolute atomic E-state index is 0.241. The standard InChI is InChI=1S/C12H16ClN5O2/c1-15-9-8(10(19)16(2)12(15)20)18(11(13)14-9)7-17-5-3-4-6-17/h3-7H2,1-2H3. The Bertz CT molecular complexity index is 782. The molecule has 20 heavy (non-hydrogen) atoms. The van der Waals surface area contributed by atoms with Crippen LogP contribution in [0.4, 0.5) is 0 Å². The van der Waals surface area contributed by atoms with E-state index in [9.17, 15) is 9.59 Å². The first kappa shape index (κ1) is 13.4. The van der Waals surface area contributed by atoms with Gasteiger partial charge in [-0.05, 0) is 37.5 Å². The zero-order valence-corrected chi connectivity index (χ0v) is 12.2. The Morgan fingerprint density at radius 2 is 1.80 bits per heavy atom. The number of aryl methyl sites for hydroxylation is 1. The zero-order chi connectivity index (χ0) is 14.4. The van der Waals surface area contributed by atoms with Crippen LogP contribution in [0.1, 0.15) is 12.8 Å². The first-order chi connectivity index (χ1) is 9.50. The van der Waals surface area contributed by atoms with E-state index < -0.39 is 5.69 Å². The van der Waals surface area contributed by atoms with Crippen LogP contribution in [-0.4, -0.2) is 36.7 Å². The van der Waals surface area contributed by atoms with Gasteiger partial charge in [0.2, 0.25) is 5.28 Å². The third-order valence-electron chi connectivity index (χ3n) is 3.84. The number of rotatable bonds is 2. The molecule has 7 nitrogen and oxygen atoms in total. The van der Waals surface area contributed by atoms with Crippen molar-refractivity contribution in [2.45, 2.75) is 19.5 Å². The van der Waals surface area contributed by atoms with Crippen molar-refractivity contribution in [2.24, 2.45) is 14.1 Å². The Balaban J connectivity index is 2.24. The van der Waals surface area contributed by atoms with Crippen molar-refractivity contribution < 1.29 is 0 Å². The Hall–Kier alpha value is -1.60. The highest BCUT2D eigenvalue weighted by atomic mass is 35.5. The molecule has 2 aromatic rings. The highest BCUT2D eigenvalue weighted by Crippen LogP contribution is 2.18. The van der Waals surface area contributed by atoms with Crippen LogP contribution in [0.5, 0.6) is 0 Å². The third kappa shape index (κ3) is 1.89. The lowest BCUT2D eigenvalue weighted by Gasteiger charge is -2.16. The molecule has 8 heteroatoms. The van der Waals surface area contributed by atoms with Crippen molar-refractivity contribution in [2.75, 3.05) is 13.1 Å². The number of hydrogen-bond donors (Lipinski definition) is 0. The highest BCUT2D eigenvalue weighted by molar-refractivity contribution is 6.29. The van der Waals surface area contributed by atoms with Gasteiger partial charge in [-0.25, -0.2) is 4.79 Å². The lowest BCUT2D eigenvalue weighted by atomic mass is 10.4. The van der Waals surface area contributed by atoms with Crippen molar-refractivity contribution in [3.63, 3.8) is 0 Å². The summed E-state index contributed by atoms with van der Waals surface area (Å²) in [5, 5.41) is 0.241. The van der Waals surface area contributed by atoms with Crippen LogP contribution < -0.4 is 11.2 Å². The summed E-state index contributed by atoms with van der Waals surface area (Å²) in [7, 11) is 3.05. The SMILES string of the molecule is Cn1c(=O)c2c(nc(Cl)n2CN2CCCC2)n(C)c1=O. The van der Waals surface area contributed by atoms with E-state index >= 15 is 0 Å². The smallest absolute Gasteiger partial charge is 0.295 e. The average Bonchev–Trinajstić information content (AvgIpc) is 3.04. The molecule has 1 fully saturated rings. The van der Waals surface area contributed by atoms with E-state index in [1.54, 1.807) is 11.6 Å². The van der Waals surface area contributed by atoms with Gasteiger partial charge in [-0.15, -0.1) is 0 Å². The fourth-order valence-electron chi connectivity index (χ4n) is 2.67. The molecule has 1 aliphatic heterocycles. The van der Waals surface area contributed by atoms with Crippen LogP contribution in [0, 0.1) is 0 Å².